The van der Waals surface area contributed by atoms with Crippen LogP contribution in [0, 0.1) is 17.8 Å². The lowest BCUT2D eigenvalue weighted by Gasteiger charge is -2.21. The number of nitrogens with one attached hydrogen (secondary N) is 1. The van der Waals surface area contributed by atoms with Gasteiger partial charge in [0.1, 0.15) is 0 Å². The van der Waals surface area contributed by atoms with Crippen LogP contribution in [0.3, 0.4) is 0 Å². The van der Waals surface area contributed by atoms with Gasteiger partial charge in [0.05, 0.1) is 5.02 Å². The van der Waals surface area contributed by atoms with E-state index in [-0.39, 0.29) is 0 Å². The Balaban J connectivity index is 1.46. The highest BCUT2D eigenvalue weighted by atomic mass is 35.5. The average Bonchev–Trinajstić information content (AvgIpc) is 3.09. The maximum absolute atomic E-state index is 5.94. The number of hydrogen-bond acceptors (Lipinski definition) is 3. The van der Waals surface area contributed by atoms with Crippen molar-refractivity contribution in [2.24, 2.45) is 17.8 Å². The fourth-order valence-corrected chi connectivity index (χ4v) is 3.94. The second-order valence-electron chi connectivity index (χ2n) is 5.90. The van der Waals surface area contributed by atoms with Crippen molar-refractivity contribution in [2.45, 2.75) is 25.7 Å². The normalized spacial score (nSPS) is 29.2. The molecule has 0 radical (unpaired) electrons. The number of hydrogen-bond donors (Lipinski definition) is 1. The van der Waals surface area contributed by atoms with Crippen LogP contribution in [0.4, 0.5) is 5.95 Å². The summed E-state index contributed by atoms with van der Waals surface area (Å²) in [5.41, 5.74) is 0.833. The average molecular weight is 277 g/mol. The van der Waals surface area contributed by atoms with Crippen LogP contribution >= 0.6 is 11.6 Å². The maximum Gasteiger partial charge on any atom is 0.243 e. The summed E-state index contributed by atoms with van der Waals surface area (Å²) in [5.74, 6) is 3.45. The van der Waals surface area contributed by atoms with E-state index < -0.39 is 0 Å². The van der Waals surface area contributed by atoms with Crippen molar-refractivity contribution in [1.82, 2.24) is 14.6 Å². The highest BCUT2D eigenvalue weighted by molar-refractivity contribution is 6.30. The maximum atomic E-state index is 5.94. The van der Waals surface area contributed by atoms with Crippen LogP contribution in [0.1, 0.15) is 25.7 Å². The van der Waals surface area contributed by atoms with Crippen molar-refractivity contribution in [2.75, 3.05) is 11.9 Å². The summed E-state index contributed by atoms with van der Waals surface area (Å²) in [6.07, 6.45) is 7.49. The van der Waals surface area contributed by atoms with Crippen molar-refractivity contribution in [3.05, 3.63) is 23.4 Å². The van der Waals surface area contributed by atoms with Gasteiger partial charge < -0.3 is 5.32 Å². The van der Waals surface area contributed by atoms with E-state index in [1.807, 2.05) is 12.1 Å². The Morgan fingerprint density at radius 2 is 2.26 bits per heavy atom. The number of aromatic nitrogens is 3. The van der Waals surface area contributed by atoms with Gasteiger partial charge in [-0.3, -0.25) is 0 Å². The topological polar surface area (TPSA) is 42.2 Å². The minimum absolute atomic E-state index is 0.678. The molecule has 0 amide bonds. The predicted molar refractivity (Wildman–Crippen MR) is 75.4 cm³/mol. The Labute approximate surface area is 117 Å². The molecule has 2 saturated carbocycles. The third-order valence-electron chi connectivity index (χ3n) is 4.70. The van der Waals surface area contributed by atoms with Crippen molar-refractivity contribution in [3.63, 3.8) is 0 Å². The van der Waals surface area contributed by atoms with Crippen molar-refractivity contribution in [3.8, 4) is 0 Å². The van der Waals surface area contributed by atoms with Crippen LogP contribution < -0.4 is 5.32 Å². The van der Waals surface area contributed by atoms with Gasteiger partial charge in [-0.05, 0) is 49.1 Å². The fourth-order valence-electron chi connectivity index (χ4n) is 3.78. The van der Waals surface area contributed by atoms with E-state index in [0.717, 1.165) is 29.9 Å². The summed E-state index contributed by atoms with van der Waals surface area (Å²) >= 11 is 5.94. The molecule has 2 bridgehead atoms. The van der Waals surface area contributed by atoms with Gasteiger partial charge in [-0.2, -0.15) is 4.98 Å². The quantitative estimate of drug-likeness (QED) is 0.936. The molecule has 100 valence electrons. The highest BCUT2D eigenvalue weighted by Gasteiger charge is 2.39. The second-order valence-corrected chi connectivity index (χ2v) is 6.34. The predicted octanol–water partition coefficient (Wildman–Crippen LogP) is 3.23. The Morgan fingerprint density at radius 1 is 1.32 bits per heavy atom. The molecule has 1 N–H and O–H groups in total. The Morgan fingerprint density at radius 3 is 3.05 bits per heavy atom. The number of halogens is 1. The molecule has 3 unspecified atom stereocenters. The number of rotatable bonds is 3. The first-order chi connectivity index (χ1) is 9.28. The zero-order valence-electron chi connectivity index (χ0n) is 10.7. The van der Waals surface area contributed by atoms with Gasteiger partial charge in [-0.1, -0.05) is 18.0 Å². The molecule has 2 fully saturated rings. The molecule has 0 spiro atoms. The molecule has 2 aliphatic rings. The SMILES string of the molecule is Clc1ccc2nc(NCC3CC4CCC3C4)nn2c1. The van der Waals surface area contributed by atoms with E-state index >= 15 is 0 Å². The van der Waals surface area contributed by atoms with Gasteiger partial charge in [0.25, 0.3) is 0 Å². The summed E-state index contributed by atoms with van der Waals surface area (Å²) in [7, 11) is 0. The highest BCUT2D eigenvalue weighted by Crippen LogP contribution is 2.48. The van der Waals surface area contributed by atoms with E-state index in [2.05, 4.69) is 15.4 Å². The van der Waals surface area contributed by atoms with Crippen LogP contribution in [0.2, 0.25) is 5.02 Å². The van der Waals surface area contributed by atoms with Crippen molar-refractivity contribution in [1.29, 1.82) is 0 Å². The number of nitrogens with zero attached hydrogens (tertiary/aromatic N) is 3. The van der Waals surface area contributed by atoms with Gasteiger partial charge in [-0.25, -0.2) is 4.52 Å². The lowest BCUT2D eigenvalue weighted by Crippen LogP contribution is -2.20. The van der Waals surface area contributed by atoms with Crippen LogP contribution in [-0.2, 0) is 0 Å². The summed E-state index contributed by atoms with van der Waals surface area (Å²) in [6, 6.07) is 3.73. The third-order valence-corrected chi connectivity index (χ3v) is 4.93. The van der Waals surface area contributed by atoms with Gasteiger partial charge in [0.2, 0.25) is 5.95 Å². The van der Waals surface area contributed by atoms with E-state index in [9.17, 15) is 0 Å². The van der Waals surface area contributed by atoms with Gasteiger partial charge in [0, 0.05) is 12.7 Å². The van der Waals surface area contributed by atoms with E-state index in [0.29, 0.717) is 11.0 Å². The molecular formula is C14H17ClN4. The van der Waals surface area contributed by atoms with Gasteiger partial charge >= 0.3 is 0 Å². The number of anilines is 1. The lowest BCUT2D eigenvalue weighted by molar-refractivity contribution is 0.348. The molecule has 4 rings (SSSR count). The van der Waals surface area contributed by atoms with Crippen LogP contribution in [0.15, 0.2) is 18.3 Å². The zero-order chi connectivity index (χ0) is 12.8. The van der Waals surface area contributed by atoms with E-state index in [1.54, 1.807) is 10.7 Å². The molecule has 19 heavy (non-hydrogen) atoms. The van der Waals surface area contributed by atoms with Crippen LogP contribution in [0.5, 0.6) is 0 Å². The molecule has 2 heterocycles. The standard InChI is InChI=1S/C14H17ClN4/c15-12-3-4-13-17-14(18-19(13)8-12)16-7-11-6-9-1-2-10(11)5-9/h3-4,8-11H,1-2,5-7H2,(H,16,18). The van der Waals surface area contributed by atoms with Crippen LogP contribution in [-0.4, -0.2) is 21.1 Å². The molecule has 0 saturated heterocycles. The summed E-state index contributed by atoms with van der Waals surface area (Å²) in [4.78, 5) is 4.46. The van der Waals surface area contributed by atoms with Gasteiger partial charge in [-0.15, -0.1) is 5.10 Å². The minimum atomic E-state index is 0.678. The first-order valence-electron chi connectivity index (χ1n) is 7.04. The zero-order valence-corrected chi connectivity index (χ0v) is 11.5. The molecule has 2 aliphatic carbocycles. The molecule has 4 nitrogen and oxygen atoms in total. The Kier molecular flexibility index (Phi) is 2.65. The summed E-state index contributed by atoms with van der Waals surface area (Å²) < 4.78 is 1.73. The molecule has 0 aliphatic heterocycles. The largest absolute Gasteiger partial charge is 0.353 e. The molecule has 2 aromatic heterocycles. The number of fused-ring (bicyclic) bond motifs is 3. The number of pyridine rings is 1. The Hall–Kier alpha value is -1.29. The van der Waals surface area contributed by atoms with E-state index in [1.165, 1.54) is 25.7 Å². The molecule has 2 aromatic rings. The summed E-state index contributed by atoms with van der Waals surface area (Å²) in [5, 5.41) is 8.48. The first kappa shape index (κ1) is 11.5. The summed E-state index contributed by atoms with van der Waals surface area (Å²) in [6.45, 7) is 1.01. The smallest absolute Gasteiger partial charge is 0.243 e. The van der Waals surface area contributed by atoms with Crippen LogP contribution in [0.25, 0.3) is 5.65 Å². The second kappa shape index (κ2) is 4.37. The Bertz CT molecular complexity index is 609. The molecule has 0 aromatic carbocycles. The minimum Gasteiger partial charge on any atom is -0.353 e. The first-order valence-corrected chi connectivity index (χ1v) is 7.41. The third kappa shape index (κ3) is 2.08. The molecule has 5 heteroatoms. The monoisotopic (exact) mass is 276 g/mol. The molecule has 3 atom stereocenters. The van der Waals surface area contributed by atoms with Gasteiger partial charge in [0.15, 0.2) is 5.65 Å². The lowest BCUT2D eigenvalue weighted by atomic mass is 9.89. The fraction of sp³-hybridized carbons (Fsp3) is 0.571. The van der Waals surface area contributed by atoms with Crippen molar-refractivity contribution < 1.29 is 0 Å². The molecular weight excluding hydrogens is 260 g/mol. The van der Waals surface area contributed by atoms with E-state index in [4.69, 9.17) is 11.6 Å². The van der Waals surface area contributed by atoms with Crippen molar-refractivity contribution >= 4 is 23.2 Å².